The summed E-state index contributed by atoms with van der Waals surface area (Å²) in [6.45, 7) is 11.4. The van der Waals surface area contributed by atoms with Crippen molar-refractivity contribution in [1.29, 1.82) is 0 Å². The van der Waals surface area contributed by atoms with E-state index in [0.717, 1.165) is 11.3 Å². The van der Waals surface area contributed by atoms with Crippen LogP contribution in [0.15, 0.2) is 74.2 Å². The van der Waals surface area contributed by atoms with E-state index in [-0.39, 0.29) is 12.2 Å². The Morgan fingerprint density at radius 3 is 2.00 bits per heavy atom. The topological polar surface area (TPSA) is 68.8 Å². The van der Waals surface area contributed by atoms with Gasteiger partial charge in [-0.2, -0.15) is 0 Å². The van der Waals surface area contributed by atoms with Crippen LogP contribution in [-0.4, -0.2) is 19.6 Å². The van der Waals surface area contributed by atoms with Crippen molar-refractivity contribution >= 4 is 17.5 Å². The number of anilines is 2. The number of amides is 1. The van der Waals surface area contributed by atoms with Crippen LogP contribution < -0.4 is 10.6 Å². The highest BCUT2D eigenvalue weighted by atomic mass is 16.7. The van der Waals surface area contributed by atoms with Crippen LogP contribution in [0.4, 0.5) is 16.2 Å². The number of rotatable bonds is 10. The summed E-state index contributed by atoms with van der Waals surface area (Å²) in [4.78, 5) is 11.6. The molecule has 0 heterocycles. The molecule has 0 bridgehead atoms. The molecule has 148 valence electrons. The fraction of sp³-hybridized carbons (Fsp3) is 0.227. The van der Waals surface area contributed by atoms with E-state index in [2.05, 4.69) is 49.8 Å². The summed E-state index contributed by atoms with van der Waals surface area (Å²) in [7, 11) is 0. The molecule has 6 nitrogen and oxygen atoms in total. The zero-order valence-electron chi connectivity index (χ0n) is 16.2. The summed E-state index contributed by atoms with van der Waals surface area (Å²) in [5.41, 5.74) is 3.71. The number of hydrogen-bond acceptors (Lipinski definition) is 5. The zero-order valence-corrected chi connectivity index (χ0v) is 16.2. The van der Waals surface area contributed by atoms with E-state index < -0.39 is 6.09 Å². The van der Waals surface area contributed by atoms with E-state index in [1.807, 2.05) is 36.4 Å². The molecule has 1 amide bonds. The number of carbonyl (C=O) groups excluding carboxylic acids is 1. The minimum atomic E-state index is -0.586. The molecule has 2 rings (SSSR count). The van der Waals surface area contributed by atoms with Crippen LogP contribution in [0, 0.1) is 0 Å². The van der Waals surface area contributed by atoms with Crippen LogP contribution in [0.2, 0.25) is 0 Å². The van der Waals surface area contributed by atoms with Gasteiger partial charge in [-0.25, -0.2) is 4.79 Å². The Morgan fingerprint density at radius 1 is 0.929 bits per heavy atom. The number of nitrogens with one attached hydrogen (secondary N) is 2. The standard InChI is InChI=1S/C22H26N2O4/c1-5-26-15-23-19-11-7-17(8-12-19)22(3,4)18-9-13-20(14-10-18)24-21(25)28-16-27-6-2/h5-14,23H,1-2,15-16H2,3-4H3,(H,24,25). The van der Waals surface area contributed by atoms with Crippen molar-refractivity contribution in [1.82, 2.24) is 0 Å². The third kappa shape index (κ3) is 5.81. The van der Waals surface area contributed by atoms with Gasteiger partial charge in [-0.05, 0) is 35.4 Å². The number of benzene rings is 2. The minimum Gasteiger partial charge on any atom is -0.482 e. The van der Waals surface area contributed by atoms with Gasteiger partial charge in [-0.3, -0.25) is 5.32 Å². The molecular weight excluding hydrogens is 356 g/mol. The second kappa shape index (κ2) is 10.1. The fourth-order valence-corrected chi connectivity index (χ4v) is 2.62. The van der Waals surface area contributed by atoms with Crippen LogP contribution in [0.1, 0.15) is 25.0 Å². The van der Waals surface area contributed by atoms with Gasteiger partial charge in [-0.15, -0.1) is 0 Å². The Hall–Kier alpha value is -3.41. The molecule has 2 aromatic rings. The van der Waals surface area contributed by atoms with Gasteiger partial charge in [0.1, 0.15) is 0 Å². The van der Waals surface area contributed by atoms with Crippen LogP contribution in [0.25, 0.3) is 0 Å². The van der Waals surface area contributed by atoms with Gasteiger partial charge < -0.3 is 19.5 Å². The van der Waals surface area contributed by atoms with Crippen LogP contribution >= 0.6 is 0 Å². The third-order valence-corrected chi connectivity index (χ3v) is 4.31. The minimum absolute atomic E-state index is 0.176. The molecule has 0 saturated heterocycles. The first-order chi connectivity index (χ1) is 13.5. The first-order valence-electron chi connectivity index (χ1n) is 8.81. The molecule has 0 saturated carbocycles. The normalized spacial score (nSPS) is 10.5. The highest BCUT2D eigenvalue weighted by Crippen LogP contribution is 2.32. The van der Waals surface area contributed by atoms with Crippen LogP contribution in [0.5, 0.6) is 0 Å². The summed E-state index contributed by atoms with van der Waals surface area (Å²) < 4.78 is 14.7. The van der Waals surface area contributed by atoms with Gasteiger partial charge >= 0.3 is 6.09 Å². The number of hydrogen-bond donors (Lipinski definition) is 2. The van der Waals surface area contributed by atoms with E-state index in [9.17, 15) is 4.79 Å². The van der Waals surface area contributed by atoms with Crippen LogP contribution in [0.3, 0.4) is 0 Å². The average Bonchev–Trinajstić information content (AvgIpc) is 2.69. The van der Waals surface area contributed by atoms with E-state index in [1.165, 1.54) is 18.1 Å². The lowest BCUT2D eigenvalue weighted by Gasteiger charge is -2.26. The van der Waals surface area contributed by atoms with Crippen molar-refractivity contribution in [2.75, 3.05) is 24.2 Å². The third-order valence-electron chi connectivity index (χ3n) is 4.31. The van der Waals surface area contributed by atoms with Crippen molar-refractivity contribution < 1.29 is 19.0 Å². The van der Waals surface area contributed by atoms with Crippen molar-refractivity contribution in [2.24, 2.45) is 0 Å². The Labute approximate surface area is 165 Å². The molecule has 6 heteroatoms. The molecular formula is C22H26N2O4. The zero-order chi connectivity index (χ0) is 20.4. The monoisotopic (exact) mass is 382 g/mol. The molecule has 0 radical (unpaired) electrons. The van der Waals surface area contributed by atoms with Gasteiger partial charge in [0.05, 0.1) is 12.5 Å². The summed E-state index contributed by atoms with van der Waals surface area (Å²) in [6.07, 6.45) is 2.02. The predicted octanol–water partition coefficient (Wildman–Crippen LogP) is 5.21. The second-order valence-electron chi connectivity index (χ2n) is 6.44. The summed E-state index contributed by atoms with van der Waals surface area (Å²) in [5.74, 6) is 0. The molecule has 0 aliphatic heterocycles. The summed E-state index contributed by atoms with van der Waals surface area (Å²) >= 11 is 0. The van der Waals surface area contributed by atoms with Crippen molar-refractivity contribution in [3.8, 4) is 0 Å². The van der Waals surface area contributed by atoms with Crippen molar-refractivity contribution in [2.45, 2.75) is 19.3 Å². The second-order valence-corrected chi connectivity index (χ2v) is 6.44. The molecule has 0 fully saturated rings. The lowest BCUT2D eigenvalue weighted by atomic mass is 9.78. The SMILES string of the molecule is C=COCNc1ccc(C(C)(C)c2ccc(NC(=O)OCOC=C)cc2)cc1. The van der Waals surface area contributed by atoms with Gasteiger partial charge in [-0.1, -0.05) is 51.3 Å². The smallest absolute Gasteiger partial charge is 0.414 e. The first kappa shape index (κ1) is 20.9. The first-order valence-corrected chi connectivity index (χ1v) is 8.81. The van der Waals surface area contributed by atoms with Gasteiger partial charge in [0.2, 0.25) is 6.79 Å². The quantitative estimate of drug-likeness (QED) is 0.335. The van der Waals surface area contributed by atoms with E-state index in [0.29, 0.717) is 12.4 Å². The predicted molar refractivity (Wildman–Crippen MR) is 111 cm³/mol. The highest BCUT2D eigenvalue weighted by Gasteiger charge is 2.23. The van der Waals surface area contributed by atoms with Gasteiger partial charge in [0, 0.05) is 16.8 Å². The number of ether oxygens (including phenoxy) is 3. The lowest BCUT2D eigenvalue weighted by molar-refractivity contribution is 0.0408. The van der Waals surface area contributed by atoms with E-state index in [1.54, 1.807) is 0 Å². The van der Waals surface area contributed by atoms with E-state index in [4.69, 9.17) is 14.2 Å². The largest absolute Gasteiger partial charge is 0.482 e. The maximum atomic E-state index is 11.6. The fourth-order valence-electron chi connectivity index (χ4n) is 2.62. The molecule has 2 N–H and O–H groups in total. The molecule has 0 unspecified atom stereocenters. The Balaban J connectivity index is 2.01. The lowest BCUT2D eigenvalue weighted by Crippen LogP contribution is -2.19. The summed E-state index contributed by atoms with van der Waals surface area (Å²) in [5, 5.41) is 5.80. The van der Waals surface area contributed by atoms with Gasteiger partial charge in [0.25, 0.3) is 0 Å². The maximum Gasteiger partial charge on any atom is 0.414 e. The molecule has 0 aliphatic carbocycles. The Kier molecular flexibility index (Phi) is 7.51. The van der Waals surface area contributed by atoms with Crippen LogP contribution in [-0.2, 0) is 19.6 Å². The molecule has 2 aromatic carbocycles. The molecule has 0 spiro atoms. The number of carbonyl (C=O) groups is 1. The van der Waals surface area contributed by atoms with E-state index >= 15 is 0 Å². The van der Waals surface area contributed by atoms with Crippen molar-refractivity contribution in [3.05, 3.63) is 85.3 Å². The summed E-state index contributed by atoms with van der Waals surface area (Å²) in [6, 6.07) is 15.9. The van der Waals surface area contributed by atoms with Gasteiger partial charge in [0.15, 0.2) is 6.73 Å². The maximum absolute atomic E-state index is 11.6. The van der Waals surface area contributed by atoms with Crippen molar-refractivity contribution in [3.63, 3.8) is 0 Å². The molecule has 0 aromatic heterocycles. The molecule has 0 aliphatic rings. The highest BCUT2D eigenvalue weighted by molar-refractivity contribution is 5.84. The molecule has 28 heavy (non-hydrogen) atoms. The average molecular weight is 382 g/mol. The Bertz CT molecular complexity index is 783. The Morgan fingerprint density at radius 2 is 1.46 bits per heavy atom. The molecule has 0 atom stereocenters.